The fourth-order valence-electron chi connectivity index (χ4n) is 3.57. The van der Waals surface area contributed by atoms with Crippen LogP contribution in [0.15, 0.2) is 35.8 Å². The van der Waals surface area contributed by atoms with Gasteiger partial charge in [0.1, 0.15) is 5.01 Å². The van der Waals surface area contributed by atoms with Crippen LogP contribution < -0.4 is 5.32 Å². The first-order valence-electron chi connectivity index (χ1n) is 9.76. The van der Waals surface area contributed by atoms with Gasteiger partial charge >= 0.3 is 17.8 Å². The number of likely N-dealkylation sites (tertiary alicyclic amines) is 1. The van der Waals surface area contributed by atoms with Gasteiger partial charge in [-0.1, -0.05) is 0 Å². The van der Waals surface area contributed by atoms with Crippen molar-refractivity contribution in [2.24, 2.45) is 0 Å². The van der Waals surface area contributed by atoms with Crippen LogP contribution in [-0.2, 0) is 9.59 Å². The lowest BCUT2D eigenvalue weighted by Crippen LogP contribution is -2.54. The minimum Gasteiger partial charge on any atom is -0.334 e. The van der Waals surface area contributed by atoms with Crippen molar-refractivity contribution in [3.8, 4) is 10.6 Å². The fraction of sp³-hybridized carbons (Fsp3) is 0.400. The molecule has 0 bridgehead atoms. The maximum Gasteiger partial charge on any atom is 0.321 e. The third kappa shape index (κ3) is 4.40. The van der Waals surface area contributed by atoms with E-state index < -0.39 is 11.8 Å². The average molecular weight is 414 g/mol. The van der Waals surface area contributed by atoms with Crippen molar-refractivity contribution < 1.29 is 14.4 Å². The average Bonchev–Trinajstić information content (AvgIpc) is 3.47. The lowest BCUT2D eigenvalue weighted by molar-refractivity contribution is -0.152. The molecule has 0 unspecified atom stereocenters. The van der Waals surface area contributed by atoms with E-state index in [1.165, 1.54) is 0 Å². The lowest BCUT2D eigenvalue weighted by Gasteiger charge is -2.34. The molecular weight excluding hydrogens is 390 g/mol. The van der Waals surface area contributed by atoms with Gasteiger partial charge in [-0.15, -0.1) is 11.3 Å². The normalized spacial score (nSPS) is 16.8. The SMILES string of the molecule is O=C(Nc1ccc(-c2nccs2)cc1)N1CCN(C(=O)C(=O)N2CCCC2)CC1. The van der Waals surface area contributed by atoms with Crippen molar-refractivity contribution >= 4 is 34.9 Å². The Labute approximate surface area is 173 Å². The molecule has 4 amide bonds. The van der Waals surface area contributed by atoms with Gasteiger partial charge in [-0.05, 0) is 37.1 Å². The topological polar surface area (TPSA) is 85.9 Å². The number of aromatic nitrogens is 1. The zero-order valence-corrected chi connectivity index (χ0v) is 16.9. The summed E-state index contributed by atoms with van der Waals surface area (Å²) in [6, 6.07) is 7.35. The van der Waals surface area contributed by atoms with Crippen LogP contribution in [0.2, 0.25) is 0 Å². The molecular formula is C20H23N5O3S. The molecule has 0 spiro atoms. The molecule has 0 saturated carbocycles. The summed E-state index contributed by atoms with van der Waals surface area (Å²) in [5.41, 5.74) is 1.71. The van der Waals surface area contributed by atoms with Crippen LogP contribution in [-0.4, -0.2) is 76.8 Å². The maximum absolute atomic E-state index is 12.5. The molecule has 29 heavy (non-hydrogen) atoms. The maximum atomic E-state index is 12.5. The molecule has 1 N–H and O–H groups in total. The number of carbonyl (C=O) groups is 3. The van der Waals surface area contributed by atoms with Crippen LogP contribution in [0.1, 0.15) is 12.8 Å². The van der Waals surface area contributed by atoms with Crippen molar-refractivity contribution in [3.05, 3.63) is 35.8 Å². The summed E-state index contributed by atoms with van der Waals surface area (Å²) in [7, 11) is 0. The summed E-state index contributed by atoms with van der Waals surface area (Å²) in [5, 5.41) is 5.75. The number of urea groups is 1. The van der Waals surface area contributed by atoms with Gasteiger partial charge in [0.25, 0.3) is 0 Å². The lowest BCUT2D eigenvalue weighted by atomic mass is 10.2. The molecule has 2 aliphatic heterocycles. The van der Waals surface area contributed by atoms with Crippen LogP contribution in [0.5, 0.6) is 0 Å². The molecule has 0 aliphatic carbocycles. The first-order chi connectivity index (χ1) is 14.1. The first-order valence-corrected chi connectivity index (χ1v) is 10.6. The summed E-state index contributed by atoms with van der Waals surface area (Å²) >= 11 is 1.57. The van der Waals surface area contributed by atoms with Crippen molar-refractivity contribution in [1.29, 1.82) is 0 Å². The van der Waals surface area contributed by atoms with E-state index in [9.17, 15) is 14.4 Å². The Balaban J connectivity index is 1.27. The van der Waals surface area contributed by atoms with E-state index in [0.717, 1.165) is 23.4 Å². The van der Waals surface area contributed by atoms with Gasteiger partial charge in [0, 0.05) is 62.1 Å². The molecule has 2 aromatic rings. The van der Waals surface area contributed by atoms with Gasteiger partial charge in [-0.2, -0.15) is 0 Å². The van der Waals surface area contributed by atoms with Crippen LogP contribution >= 0.6 is 11.3 Å². The second-order valence-corrected chi connectivity index (χ2v) is 8.02. The molecule has 3 heterocycles. The minimum atomic E-state index is -0.454. The van der Waals surface area contributed by atoms with Gasteiger partial charge < -0.3 is 20.0 Å². The van der Waals surface area contributed by atoms with Crippen LogP contribution in [0, 0.1) is 0 Å². The van der Waals surface area contributed by atoms with E-state index in [0.29, 0.717) is 45.0 Å². The van der Waals surface area contributed by atoms with Gasteiger partial charge in [-0.25, -0.2) is 9.78 Å². The molecule has 2 fully saturated rings. The van der Waals surface area contributed by atoms with Gasteiger partial charge in [0.05, 0.1) is 0 Å². The molecule has 1 aromatic carbocycles. The molecule has 2 saturated heterocycles. The summed E-state index contributed by atoms with van der Waals surface area (Å²) in [6.07, 6.45) is 3.67. The quantitative estimate of drug-likeness (QED) is 0.764. The number of nitrogens with one attached hydrogen (secondary N) is 1. The predicted molar refractivity (Wildman–Crippen MR) is 111 cm³/mol. The highest BCUT2D eigenvalue weighted by atomic mass is 32.1. The second-order valence-electron chi connectivity index (χ2n) is 7.12. The second kappa shape index (κ2) is 8.60. The Bertz CT molecular complexity index is 870. The van der Waals surface area contributed by atoms with E-state index in [1.807, 2.05) is 29.6 Å². The van der Waals surface area contributed by atoms with Gasteiger partial charge in [0.15, 0.2) is 0 Å². The third-order valence-electron chi connectivity index (χ3n) is 5.25. The molecule has 0 atom stereocenters. The van der Waals surface area contributed by atoms with Gasteiger partial charge in [0.2, 0.25) is 0 Å². The highest BCUT2D eigenvalue weighted by Gasteiger charge is 2.31. The number of carbonyl (C=O) groups excluding carboxylic acids is 3. The highest BCUT2D eigenvalue weighted by molar-refractivity contribution is 7.13. The Morgan fingerprint density at radius 1 is 0.828 bits per heavy atom. The van der Waals surface area contributed by atoms with Gasteiger partial charge in [-0.3, -0.25) is 9.59 Å². The van der Waals surface area contributed by atoms with Crippen molar-refractivity contribution in [3.63, 3.8) is 0 Å². The number of hydrogen-bond donors (Lipinski definition) is 1. The standard InChI is InChI=1S/C20H23N5O3S/c26-18(23-8-1-2-9-23)19(27)24-10-12-25(13-11-24)20(28)22-16-5-3-15(4-6-16)17-21-7-14-29-17/h3-7,14H,1-2,8-13H2,(H,22,28). The molecule has 0 radical (unpaired) electrons. The summed E-state index contributed by atoms with van der Waals surface area (Å²) in [5.74, 6) is -0.870. The van der Waals surface area contributed by atoms with E-state index >= 15 is 0 Å². The highest BCUT2D eigenvalue weighted by Crippen LogP contribution is 2.23. The zero-order chi connectivity index (χ0) is 20.2. The van der Waals surface area contributed by atoms with E-state index in [1.54, 1.807) is 32.2 Å². The van der Waals surface area contributed by atoms with Crippen molar-refractivity contribution in [2.45, 2.75) is 12.8 Å². The van der Waals surface area contributed by atoms with Crippen LogP contribution in [0.25, 0.3) is 10.6 Å². The van der Waals surface area contributed by atoms with Crippen LogP contribution in [0.4, 0.5) is 10.5 Å². The number of amides is 4. The number of anilines is 1. The third-order valence-corrected chi connectivity index (χ3v) is 6.07. The minimum absolute atomic E-state index is 0.204. The first kappa shape index (κ1) is 19.4. The number of piperazine rings is 1. The van der Waals surface area contributed by atoms with E-state index in [2.05, 4.69) is 10.3 Å². The summed E-state index contributed by atoms with van der Waals surface area (Å²) < 4.78 is 0. The number of hydrogen-bond acceptors (Lipinski definition) is 5. The predicted octanol–water partition coefficient (Wildman–Crippen LogP) is 2.11. The van der Waals surface area contributed by atoms with E-state index in [-0.39, 0.29) is 6.03 Å². The number of rotatable bonds is 2. The smallest absolute Gasteiger partial charge is 0.321 e. The number of nitrogens with zero attached hydrogens (tertiary/aromatic N) is 4. The molecule has 9 heteroatoms. The Hall–Kier alpha value is -2.94. The summed E-state index contributed by atoms with van der Waals surface area (Å²) in [4.78, 5) is 46.3. The Morgan fingerprint density at radius 2 is 1.41 bits per heavy atom. The molecule has 8 nitrogen and oxygen atoms in total. The summed E-state index contributed by atoms with van der Waals surface area (Å²) in [6.45, 7) is 2.87. The van der Waals surface area contributed by atoms with Crippen molar-refractivity contribution in [1.82, 2.24) is 19.7 Å². The molecule has 152 valence electrons. The molecule has 4 rings (SSSR count). The Kier molecular flexibility index (Phi) is 5.75. The van der Waals surface area contributed by atoms with E-state index in [4.69, 9.17) is 0 Å². The Morgan fingerprint density at radius 3 is 2.00 bits per heavy atom. The fourth-order valence-corrected chi connectivity index (χ4v) is 4.21. The molecule has 2 aliphatic rings. The number of benzene rings is 1. The molecule has 1 aromatic heterocycles. The zero-order valence-electron chi connectivity index (χ0n) is 16.0. The van der Waals surface area contributed by atoms with Crippen molar-refractivity contribution in [2.75, 3.05) is 44.6 Å². The largest absolute Gasteiger partial charge is 0.334 e. The van der Waals surface area contributed by atoms with Crippen LogP contribution in [0.3, 0.4) is 0 Å². The number of thiazole rings is 1. The monoisotopic (exact) mass is 413 g/mol.